The van der Waals surface area contributed by atoms with Crippen LogP contribution in [0, 0.1) is 0 Å². The highest BCUT2D eigenvalue weighted by Gasteiger charge is 2.47. The van der Waals surface area contributed by atoms with Crippen molar-refractivity contribution in [1.29, 1.82) is 0 Å². The van der Waals surface area contributed by atoms with Gasteiger partial charge >= 0.3 is 18.1 Å². The first-order valence-electron chi connectivity index (χ1n) is 13.3. The van der Waals surface area contributed by atoms with Crippen LogP contribution in [0.4, 0.5) is 0 Å². The summed E-state index contributed by atoms with van der Waals surface area (Å²) in [6.07, 6.45) is -0.580. The van der Waals surface area contributed by atoms with Crippen LogP contribution in [-0.4, -0.2) is 11.7 Å². The lowest BCUT2D eigenvalue weighted by Crippen LogP contribution is -2.62. The molecule has 3 heterocycles. The van der Waals surface area contributed by atoms with E-state index in [-0.39, 0.29) is 0 Å². The molecule has 1 unspecified atom stereocenters. The summed E-state index contributed by atoms with van der Waals surface area (Å²) in [5, 5.41) is 0. The van der Waals surface area contributed by atoms with E-state index in [0.29, 0.717) is 5.89 Å². The van der Waals surface area contributed by atoms with Crippen molar-refractivity contribution in [2.24, 2.45) is 0 Å². The van der Waals surface area contributed by atoms with Crippen molar-refractivity contribution in [1.82, 2.24) is 4.57 Å². The molecule has 0 aliphatic carbocycles. The minimum absolute atomic E-state index is 0.580. The number of rotatable bonds is 4. The van der Waals surface area contributed by atoms with E-state index in [9.17, 15) is 0 Å². The van der Waals surface area contributed by atoms with Gasteiger partial charge in [-0.15, -0.1) is 4.57 Å². The molecule has 192 valence electrons. The lowest BCUT2D eigenvalue weighted by atomic mass is 10.1. The minimum atomic E-state index is -0.580. The van der Waals surface area contributed by atoms with Crippen molar-refractivity contribution in [3.8, 4) is 40.0 Å². The van der Waals surface area contributed by atoms with Gasteiger partial charge in [-0.05, 0) is 54.6 Å². The minimum Gasteiger partial charge on any atom is -0.496 e. The fourth-order valence-corrected chi connectivity index (χ4v) is 5.82. The molecule has 8 rings (SSSR count). The zero-order valence-corrected chi connectivity index (χ0v) is 21.8. The first-order chi connectivity index (χ1) is 19.8. The molecule has 1 aliphatic heterocycles. The molecule has 40 heavy (non-hydrogen) atoms. The van der Waals surface area contributed by atoms with Gasteiger partial charge in [-0.3, -0.25) is 0 Å². The number of hydrogen-bond acceptors (Lipinski definition) is 3. The van der Waals surface area contributed by atoms with Crippen LogP contribution < -0.4 is 18.6 Å². The van der Waals surface area contributed by atoms with Crippen LogP contribution in [0.25, 0.3) is 50.7 Å². The Kier molecular flexibility index (Phi) is 5.00. The average molecular weight is 524 g/mol. The normalized spacial score (nSPS) is 14.1. The van der Waals surface area contributed by atoms with Crippen molar-refractivity contribution < 1.29 is 23.0 Å². The van der Waals surface area contributed by atoms with Crippen molar-refractivity contribution in [3.63, 3.8) is 0 Å². The number of methoxy groups -OCH3 is 1. The summed E-state index contributed by atoms with van der Waals surface area (Å²) in [4.78, 5) is 0. The zero-order valence-electron chi connectivity index (χ0n) is 21.8. The Labute approximate surface area is 230 Å². The zero-order chi connectivity index (χ0) is 26.6. The predicted molar refractivity (Wildman–Crippen MR) is 152 cm³/mol. The van der Waals surface area contributed by atoms with E-state index in [0.717, 1.165) is 56.3 Å². The highest BCUT2D eigenvalue weighted by Crippen LogP contribution is 2.39. The van der Waals surface area contributed by atoms with Crippen LogP contribution in [0.5, 0.6) is 11.5 Å². The second-order valence-electron chi connectivity index (χ2n) is 9.74. The number of ether oxygens (including phenoxy) is 2. The summed E-state index contributed by atoms with van der Waals surface area (Å²) in [7, 11) is 1.68. The Morgan fingerprint density at radius 3 is 2.17 bits per heavy atom. The number of fused-ring (bicyclic) bond motifs is 6. The first-order valence-corrected chi connectivity index (χ1v) is 13.3. The molecule has 5 aromatic carbocycles. The number of nitrogens with zero attached hydrogens (tertiary/aromatic N) is 3. The van der Waals surface area contributed by atoms with Crippen LogP contribution >= 0.6 is 0 Å². The highest BCUT2D eigenvalue weighted by molar-refractivity contribution is 5.81. The molecule has 0 saturated carbocycles. The first kappa shape index (κ1) is 22.6. The molecule has 0 radical (unpaired) electrons. The Morgan fingerprint density at radius 2 is 1.32 bits per heavy atom. The Hall–Kier alpha value is -5.36. The highest BCUT2D eigenvalue weighted by atomic mass is 16.5. The summed E-state index contributed by atoms with van der Waals surface area (Å²) in [6.45, 7) is 0. The number of para-hydroxylation sites is 7. The van der Waals surface area contributed by atoms with Crippen molar-refractivity contribution >= 4 is 22.1 Å². The molecule has 7 aromatic rings. The van der Waals surface area contributed by atoms with Gasteiger partial charge in [0.1, 0.15) is 28.3 Å². The molecule has 2 aromatic heterocycles. The number of aromatic nitrogens is 3. The van der Waals surface area contributed by atoms with Gasteiger partial charge in [0.25, 0.3) is 5.52 Å². The largest absolute Gasteiger partial charge is 0.496 e. The van der Waals surface area contributed by atoms with Gasteiger partial charge in [-0.1, -0.05) is 71.3 Å². The van der Waals surface area contributed by atoms with Gasteiger partial charge in [0.05, 0.1) is 7.11 Å². The molecule has 0 spiro atoms. The van der Waals surface area contributed by atoms with Gasteiger partial charge < -0.3 is 13.9 Å². The fraction of sp³-hybridized carbons (Fsp3) is 0.0588. The van der Waals surface area contributed by atoms with E-state index in [2.05, 4.69) is 80.4 Å². The van der Waals surface area contributed by atoms with E-state index in [1.165, 1.54) is 0 Å². The average Bonchev–Trinajstić information content (AvgIpc) is 3.58. The summed E-state index contributed by atoms with van der Waals surface area (Å²) < 4.78 is 26.0. The third kappa shape index (κ3) is 3.23. The maximum absolute atomic E-state index is 6.92. The molecule has 0 amide bonds. The Morgan fingerprint density at radius 1 is 0.650 bits per heavy atom. The molecule has 1 atom stereocenters. The van der Waals surface area contributed by atoms with Crippen LogP contribution in [-0.2, 0) is 0 Å². The van der Waals surface area contributed by atoms with Crippen molar-refractivity contribution in [2.45, 2.75) is 6.35 Å². The number of oxazole rings is 1. The molecule has 1 aliphatic rings. The van der Waals surface area contributed by atoms with Crippen LogP contribution in [0.3, 0.4) is 0 Å². The SMILES string of the molecule is COc1ccccc1-c1oc2ccccc2[n+]1C1Oc2ccccc2-c2n(-c3ccccc3)c3ccccc3[n+]21. The number of hydrogen-bond donors (Lipinski definition) is 0. The lowest BCUT2D eigenvalue weighted by Gasteiger charge is -2.20. The van der Waals surface area contributed by atoms with E-state index in [1.54, 1.807) is 7.11 Å². The molecular formula is C34H25N3O3+2. The maximum Gasteiger partial charge on any atom is 0.463 e. The Balaban J connectivity index is 1.51. The van der Waals surface area contributed by atoms with Gasteiger partial charge in [0.15, 0.2) is 11.0 Å². The van der Waals surface area contributed by atoms with E-state index < -0.39 is 6.35 Å². The third-order valence-corrected chi connectivity index (χ3v) is 7.53. The van der Waals surface area contributed by atoms with E-state index >= 15 is 0 Å². The maximum atomic E-state index is 6.92. The van der Waals surface area contributed by atoms with Gasteiger partial charge in [0, 0.05) is 6.07 Å². The molecule has 6 heteroatoms. The Bertz CT molecular complexity index is 2040. The second kappa shape index (κ2) is 8.85. The summed E-state index contributed by atoms with van der Waals surface area (Å²) in [5.74, 6) is 3.21. The van der Waals surface area contributed by atoms with Gasteiger partial charge in [-0.2, -0.15) is 4.57 Å². The third-order valence-electron chi connectivity index (χ3n) is 7.53. The van der Waals surface area contributed by atoms with E-state index in [1.807, 2.05) is 60.7 Å². The van der Waals surface area contributed by atoms with E-state index in [4.69, 9.17) is 13.9 Å². The van der Waals surface area contributed by atoms with Crippen LogP contribution in [0.2, 0.25) is 0 Å². The molecular weight excluding hydrogens is 498 g/mol. The number of benzene rings is 5. The standard InChI is InChI=1S/C34H25N3O3/c1-38-29-20-10-6-16-25(29)33-37(28-19-9-12-22-31(28)39-33)34-36-27-18-8-7-17-26(27)35(23-13-3-2-4-14-23)32(36)24-15-5-11-21-30(24)40-34/h2-22,34H,1H3/q+2. The molecule has 6 nitrogen and oxygen atoms in total. The molecule has 0 bridgehead atoms. The van der Waals surface area contributed by atoms with Crippen LogP contribution in [0.15, 0.2) is 132 Å². The lowest BCUT2D eigenvalue weighted by molar-refractivity contribution is -0.950. The predicted octanol–water partition coefficient (Wildman–Crippen LogP) is 6.69. The quantitative estimate of drug-likeness (QED) is 0.242. The fourth-order valence-electron chi connectivity index (χ4n) is 5.82. The summed E-state index contributed by atoms with van der Waals surface area (Å²) >= 11 is 0. The molecule has 0 N–H and O–H groups in total. The molecule has 0 saturated heterocycles. The van der Waals surface area contributed by atoms with Crippen molar-refractivity contribution in [3.05, 3.63) is 127 Å². The van der Waals surface area contributed by atoms with Gasteiger partial charge in [-0.25, -0.2) is 0 Å². The monoisotopic (exact) mass is 523 g/mol. The summed E-state index contributed by atoms with van der Waals surface area (Å²) in [6, 6.07) is 43.1. The summed E-state index contributed by atoms with van der Waals surface area (Å²) in [5.41, 5.74) is 6.76. The molecule has 0 fully saturated rings. The second-order valence-corrected chi connectivity index (χ2v) is 9.74. The number of imidazole rings is 1. The van der Waals surface area contributed by atoms with Crippen molar-refractivity contribution in [2.75, 3.05) is 7.11 Å². The topological polar surface area (TPSA) is 44.3 Å². The smallest absolute Gasteiger partial charge is 0.463 e. The van der Waals surface area contributed by atoms with Gasteiger partial charge in [0.2, 0.25) is 5.58 Å². The van der Waals surface area contributed by atoms with Crippen LogP contribution in [0.1, 0.15) is 6.35 Å².